The van der Waals surface area contributed by atoms with Crippen molar-refractivity contribution in [2.24, 2.45) is 0 Å². The topological polar surface area (TPSA) is 68.0 Å². The summed E-state index contributed by atoms with van der Waals surface area (Å²) < 4.78 is 1.07. The molecule has 4 nitrogen and oxygen atoms in total. The molecule has 0 saturated carbocycles. The Morgan fingerprint density at radius 2 is 2.00 bits per heavy atom. The van der Waals surface area contributed by atoms with Crippen molar-refractivity contribution in [2.45, 2.75) is 13.8 Å². The fourth-order valence-corrected chi connectivity index (χ4v) is 3.03. The third-order valence-corrected chi connectivity index (χ3v) is 4.23. The van der Waals surface area contributed by atoms with Crippen LogP contribution in [0.15, 0.2) is 36.4 Å². The number of aromatic nitrogens is 1. The van der Waals surface area contributed by atoms with E-state index in [-0.39, 0.29) is 5.91 Å². The van der Waals surface area contributed by atoms with E-state index in [2.05, 4.69) is 16.4 Å². The van der Waals surface area contributed by atoms with E-state index in [4.69, 9.17) is 5.73 Å². The first-order valence-electron chi connectivity index (χ1n) is 6.57. The van der Waals surface area contributed by atoms with E-state index in [9.17, 15) is 4.79 Å². The number of amides is 1. The number of nitrogens with one attached hydrogen (secondary N) is 1. The van der Waals surface area contributed by atoms with Crippen LogP contribution < -0.4 is 11.1 Å². The summed E-state index contributed by atoms with van der Waals surface area (Å²) in [5.74, 6) is -0.172. The Bertz CT molecular complexity index is 839. The van der Waals surface area contributed by atoms with Gasteiger partial charge in [0, 0.05) is 11.3 Å². The predicted octanol–water partition coefficient (Wildman–Crippen LogP) is 3.75. The summed E-state index contributed by atoms with van der Waals surface area (Å²) in [7, 11) is 0. The molecule has 5 heteroatoms. The first-order chi connectivity index (χ1) is 10.0. The smallest absolute Gasteiger partial charge is 0.257 e. The molecule has 1 heterocycles. The standard InChI is InChI=1S/C16H15N3OS/c1-9-3-6-13-14(7-9)21-16(18-13)19-15(20)11-4-5-12(17)10(2)8-11/h3-8H,17H2,1-2H3,(H,18,19,20). The molecule has 3 rings (SSSR count). The third kappa shape index (κ3) is 2.73. The van der Waals surface area contributed by atoms with E-state index in [1.54, 1.807) is 18.2 Å². The molecule has 21 heavy (non-hydrogen) atoms. The highest BCUT2D eigenvalue weighted by Crippen LogP contribution is 2.27. The zero-order valence-electron chi connectivity index (χ0n) is 11.8. The monoisotopic (exact) mass is 297 g/mol. The van der Waals surface area contributed by atoms with Crippen molar-refractivity contribution in [3.8, 4) is 0 Å². The van der Waals surface area contributed by atoms with Gasteiger partial charge in [0.1, 0.15) is 0 Å². The normalized spacial score (nSPS) is 10.8. The van der Waals surface area contributed by atoms with Gasteiger partial charge < -0.3 is 5.73 Å². The summed E-state index contributed by atoms with van der Waals surface area (Å²) in [5.41, 5.74) is 10.00. The number of nitrogens with two attached hydrogens (primary N) is 1. The van der Waals surface area contributed by atoms with E-state index in [0.29, 0.717) is 16.4 Å². The van der Waals surface area contributed by atoms with Crippen molar-refractivity contribution in [3.05, 3.63) is 53.1 Å². The Morgan fingerprint density at radius 3 is 2.76 bits per heavy atom. The fourth-order valence-electron chi connectivity index (χ4n) is 2.07. The summed E-state index contributed by atoms with van der Waals surface area (Å²) in [6.07, 6.45) is 0. The second-order valence-electron chi connectivity index (χ2n) is 5.02. The van der Waals surface area contributed by atoms with Gasteiger partial charge in [-0.2, -0.15) is 0 Å². The van der Waals surface area contributed by atoms with Crippen LogP contribution in [-0.2, 0) is 0 Å². The summed E-state index contributed by atoms with van der Waals surface area (Å²) >= 11 is 1.47. The van der Waals surface area contributed by atoms with E-state index in [1.807, 2.05) is 26.0 Å². The van der Waals surface area contributed by atoms with Crippen LogP contribution >= 0.6 is 11.3 Å². The molecule has 106 valence electrons. The number of fused-ring (bicyclic) bond motifs is 1. The van der Waals surface area contributed by atoms with Gasteiger partial charge in [-0.05, 0) is 55.3 Å². The molecular weight excluding hydrogens is 282 g/mol. The molecule has 0 aliphatic rings. The molecule has 1 amide bonds. The lowest BCUT2D eigenvalue weighted by Crippen LogP contribution is -2.12. The maximum atomic E-state index is 12.2. The SMILES string of the molecule is Cc1ccc2nc(NC(=O)c3ccc(N)c(C)c3)sc2c1. The van der Waals surface area contributed by atoms with E-state index < -0.39 is 0 Å². The van der Waals surface area contributed by atoms with Crippen LogP contribution in [0.1, 0.15) is 21.5 Å². The Kier molecular flexibility index (Phi) is 3.35. The summed E-state index contributed by atoms with van der Waals surface area (Å²) in [4.78, 5) is 16.7. The third-order valence-electron chi connectivity index (χ3n) is 3.30. The van der Waals surface area contributed by atoms with Crippen LogP contribution in [-0.4, -0.2) is 10.9 Å². The number of nitrogen functional groups attached to an aromatic ring is 1. The molecule has 0 saturated heterocycles. The Hall–Kier alpha value is -2.40. The number of carbonyl (C=O) groups excluding carboxylic acids is 1. The predicted molar refractivity (Wildman–Crippen MR) is 87.9 cm³/mol. The van der Waals surface area contributed by atoms with Crippen molar-refractivity contribution < 1.29 is 4.79 Å². The summed E-state index contributed by atoms with van der Waals surface area (Å²) in [6.45, 7) is 3.92. The van der Waals surface area contributed by atoms with Gasteiger partial charge in [0.15, 0.2) is 5.13 Å². The maximum absolute atomic E-state index is 12.2. The minimum absolute atomic E-state index is 0.172. The Labute approximate surface area is 126 Å². The molecule has 2 aromatic carbocycles. The highest BCUT2D eigenvalue weighted by Gasteiger charge is 2.10. The number of benzene rings is 2. The van der Waals surface area contributed by atoms with Gasteiger partial charge >= 0.3 is 0 Å². The molecule has 3 aromatic rings. The number of hydrogen-bond donors (Lipinski definition) is 2. The number of nitrogens with zero attached hydrogens (tertiary/aromatic N) is 1. The van der Waals surface area contributed by atoms with Crippen LogP contribution in [0.3, 0.4) is 0 Å². The average Bonchev–Trinajstić information content (AvgIpc) is 2.83. The van der Waals surface area contributed by atoms with Crippen molar-refractivity contribution in [3.63, 3.8) is 0 Å². The van der Waals surface area contributed by atoms with Crippen molar-refractivity contribution >= 4 is 38.3 Å². The minimum Gasteiger partial charge on any atom is -0.399 e. The Balaban J connectivity index is 1.87. The van der Waals surface area contributed by atoms with E-state index >= 15 is 0 Å². The van der Waals surface area contributed by atoms with Crippen LogP contribution in [0.5, 0.6) is 0 Å². The largest absolute Gasteiger partial charge is 0.399 e. The number of thiazole rings is 1. The number of hydrogen-bond acceptors (Lipinski definition) is 4. The number of aryl methyl sites for hydroxylation is 2. The van der Waals surface area contributed by atoms with Crippen LogP contribution in [0.25, 0.3) is 10.2 Å². The van der Waals surface area contributed by atoms with Crippen molar-refractivity contribution in [1.29, 1.82) is 0 Å². The molecule has 3 N–H and O–H groups in total. The Morgan fingerprint density at radius 1 is 1.19 bits per heavy atom. The van der Waals surface area contributed by atoms with Crippen LogP contribution in [0.4, 0.5) is 10.8 Å². The van der Waals surface area contributed by atoms with Gasteiger partial charge in [0.2, 0.25) is 0 Å². The number of rotatable bonds is 2. The summed E-state index contributed by atoms with van der Waals surface area (Å²) in [6, 6.07) is 11.3. The quantitative estimate of drug-likeness (QED) is 0.708. The molecule has 0 radical (unpaired) electrons. The highest BCUT2D eigenvalue weighted by molar-refractivity contribution is 7.22. The number of anilines is 2. The van der Waals surface area contributed by atoms with Gasteiger partial charge in [-0.1, -0.05) is 17.4 Å². The minimum atomic E-state index is -0.172. The molecule has 0 atom stereocenters. The van der Waals surface area contributed by atoms with Crippen molar-refractivity contribution in [2.75, 3.05) is 11.1 Å². The molecule has 0 aliphatic carbocycles. The molecule has 1 aromatic heterocycles. The highest BCUT2D eigenvalue weighted by atomic mass is 32.1. The van der Waals surface area contributed by atoms with Gasteiger partial charge in [0.25, 0.3) is 5.91 Å². The molecular formula is C16H15N3OS. The first-order valence-corrected chi connectivity index (χ1v) is 7.39. The molecule has 0 aliphatic heterocycles. The second-order valence-corrected chi connectivity index (χ2v) is 6.05. The van der Waals surface area contributed by atoms with Gasteiger partial charge in [-0.3, -0.25) is 10.1 Å². The maximum Gasteiger partial charge on any atom is 0.257 e. The van der Waals surface area contributed by atoms with Gasteiger partial charge in [-0.15, -0.1) is 0 Å². The molecule has 0 bridgehead atoms. The fraction of sp³-hybridized carbons (Fsp3) is 0.125. The van der Waals surface area contributed by atoms with Crippen molar-refractivity contribution in [1.82, 2.24) is 4.98 Å². The lowest BCUT2D eigenvalue weighted by Gasteiger charge is -2.04. The van der Waals surface area contributed by atoms with E-state index in [1.165, 1.54) is 16.9 Å². The summed E-state index contributed by atoms with van der Waals surface area (Å²) in [5, 5.41) is 3.45. The van der Waals surface area contributed by atoms with Crippen LogP contribution in [0.2, 0.25) is 0 Å². The van der Waals surface area contributed by atoms with E-state index in [0.717, 1.165) is 15.8 Å². The first kappa shape index (κ1) is 13.6. The lowest BCUT2D eigenvalue weighted by atomic mass is 10.1. The zero-order valence-corrected chi connectivity index (χ0v) is 12.6. The van der Waals surface area contributed by atoms with Gasteiger partial charge in [-0.25, -0.2) is 4.98 Å². The lowest BCUT2D eigenvalue weighted by molar-refractivity contribution is 0.102. The average molecular weight is 297 g/mol. The molecule has 0 unspecified atom stereocenters. The number of carbonyl (C=O) groups is 1. The van der Waals surface area contributed by atoms with Crippen LogP contribution in [0, 0.1) is 13.8 Å². The molecule has 0 spiro atoms. The molecule has 0 fully saturated rings. The van der Waals surface area contributed by atoms with Gasteiger partial charge in [0.05, 0.1) is 10.2 Å². The zero-order chi connectivity index (χ0) is 15.0. The second kappa shape index (κ2) is 5.18.